The summed E-state index contributed by atoms with van der Waals surface area (Å²) in [5, 5.41) is 2.40. The van der Waals surface area contributed by atoms with Crippen LogP contribution in [0.25, 0.3) is 0 Å². The number of carbonyl (C=O) groups excluding carboxylic acids is 1. The summed E-state index contributed by atoms with van der Waals surface area (Å²) in [6, 6.07) is 1.37. The second-order valence-electron chi connectivity index (χ2n) is 2.96. The molecule has 1 aromatic carbocycles. The Hall–Kier alpha value is -0.810. The van der Waals surface area contributed by atoms with Crippen LogP contribution >= 0.6 is 27.5 Å². The molecule has 0 unspecified atom stereocenters. The van der Waals surface area contributed by atoms with Crippen LogP contribution < -0.4 is 10.1 Å². The fourth-order valence-electron chi connectivity index (χ4n) is 1.33. The van der Waals surface area contributed by atoms with E-state index in [2.05, 4.69) is 21.2 Å². The van der Waals surface area contributed by atoms with Crippen molar-refractivity contribution < 1.29 is 13.9 Å². The number of ether oxygens (including phenoxy) is 1. The third-order valence-corrected chi connectivity index (χ3v) is 2.85. The predicted molar refractivity (Wildman–Crippen MR) is 56.9 cm³/mol. The average molecular weight is 295 g/mol. The topological polar surface area (TPSA) is 38.3 Å². The zero-order valence-corrected chi connectivity index (χ0v) is 9.78. The summed E-state index contributed by atoms with van der Waals surface area (Å²) in [5.41, 5.74) is -0.146. The van der Waals surface area contributed by atoms with E-state index in [0.29, 0.717) is 17.6 Å². The van der Waals surface area contributed by atoms with Crippen molar-refractivity contribution in [3.8, 4) is 5.75 Å². The second-order valence-corrected chi connectivity index (χ2v) is 4.22. The van der Waals surface area contributed by atoms with Gasteiger partial charge in [-0.15, -0.1) is 0 Å². The average Bonchev–Trinajstić information content (AvgIpc) is 2.37. The molecule has 1 aliphatic rings. The van der Waals surface area contributed by atoms with Gasteiger partial charge in [0, 0.05) is 0 Å². The summed E-state index contributed by atoms with van der Waals surface area (Å²) in [7, 11) is 0. The minimum atomic E-state index is -0.755. The van der Waals surface area contributed by atoms with Crippen molar-refractivity contribution in [1.82, 2.24) is 5.32 Å². The second kappa shape index (κ2) is 3.98. The van der Waals surface area contributed by atoms with Crippen LogP contribution in [0.15, 0.2) is 10.5 Å². The lowest BCUT2D eigenvalue weighted by Gasteiger charge is -2.09. The first kappa shape index (κ1) is 10.7. The van der Waals surface area contributed by atoms with Gasteiger partial charge in [-0.3, -0.25) is 4.79 Å². The quantitative estimate of drug-likeness (QED) is 0.746. The normalized spacial score (nSPS) is 15.0. The summed E-state index contributed by atoms with van der Waals surface area (Å²) < 4.78 is 19.3. The van der Waals surface area contributed by atoms with Crippen LogP contribution in [0.3, 0.4) is 0 Å². The van der Waals surface area contributed by atoms with E-state index in [-0.39, 0.29) is 16.3 Å². The number of nitrogens with one attached hydrogen (secondary N) is 1. The van der Waals surface area contributed by atoms with E-state index in [0.717, 1.165) is 0 Å². The van der Waals surface area contributed by atoms with E-state index in [1.165, 1.54) is 6.07 Å². The van der Waals surface area contributed by atoms with E-state index in [1.807, 2.05) is 0 Å². The third kappa shape index (κ3) is 1.81. The molecule has 1 aliphatic heterocycles. The molecule has 2 rings (SSSR count). The van der Waals surface area contributed by atoms with Crippen molar-refractivity contribution in [3.05, 3.63) is 26.9 Å². The Balaban J connectivity index is 2.69. The number of carbonyl (C=O) groups is 1. The van der Waals surface area contributed by atoms with E-state index >= 15 is 0 Å². The Morgan fingerprint density at radius 3 is 3.07 bits per heavy atom. The molecule has 0 saturated carbocycles. The van der Waals surface area contributed by atoms with Gasteiger partial charge < -0.3 is 10.1 Å². The summed E-state index contributed by atoms with van der Waals surface area (Å²) >= 11 is 8.80. The first-order chi connectivity index (χ1) is 7.11. The molecule has 80 valence electrons. The van der Waals surface area contributed by atoms with Crippen LogP contribution in [0.1, 0.15) is 10.4 Å². The van der Waals surface area contributed by atoms with Gasteiger partial charge in [-0.1, -0.05) is 11.6 Å². The molecule has 1 amide bonds. The van der Waals surface area contributed by atoms with Gasteiger partial charge in [-0.05, 0) is 22.0 Å². The maximum Gasteiger partial charge on any atom is 0.258 e. The molecular weight excluding hydrogens is 288 g/mol. The predicted octanol–water partition coefficient (Wildman–Crippen LogP) is 2.36. The van der Waals surface area contributed by atoms with Gasteiger partial charge in [-0.2, -0.15) is 0 Å². The highest BCUT2D eigenvalue weighted by molar-refractivity contribution is 9.10. The Morgan fingerprint density at radius 2 is 2.33 bits per heavy atom. The van der Waals surface area contributed by atoms with Crippen LogP contribution in [0.2, 0.25) is 5.02 Å². The van der Waals surface area contributed by atoms with Crippen LogP contribution in [0.4, 0.5) is 4.39 Å². The van der Waals surface area contributed by atoms with Gasteiger partial charge >= 0.3 is 0 Å². The Kier molecular flexibility index (Phi) is 2.84. The van der Waals surface area contributed by atoms with Crippen LogP contribution in [-0.4, -0.2) is 19.1 Å². The Labute approximate surface area is 98.7 Å². The summed E-state index contributed by atoms with van der Waals surface area (Å²) in [5.74, 6) is -1.07. The van der Waals surface area contributed by atoms with Crippen LogP contribution in [0.5, 0.6) is 5.75 Å². The number of halogens is 3. The zero-order valence-electron chi connectivity index (χ0n) is 7.44. The molecule has 0 saturated heterocycles. The van der Waals surface area contributed by atoms with Gasteiger partial charge in [0.25, 0.3) is 5.91 Å². The lowest BCUT2D eigenvalue weighted by atomic mass is 10.1. The summed E-state index contributed by atoms with van der Waals surface area (Å²) in [6.07, 6.45) is 0. The number of hydrogen-bond donors (Lipinski definition) is 1. The van der Waals surface area contributed by atoms with Gasteiger partial charge in [0.05, 0.1) is 16.0 Å². The molecule has 6 heteroatoms. The molecule has 1 heterocycles. The largest absolute Gasteiger partial charge is 0.490 e. The van der Waals surface area contributed by atoms with Crippen molar-refractivity contribution in [1.29, 1.82) is 0 Å². The SMILES string of the molecule is O=C1NCCOc2c(Br)cc(Cl)c(F)c21. The lowest BCUT2D eigenvalue weighted by molar-refractivity contribution is 0.0953. The molecule has 3 nitrogen and oxygen atoms in total. The minimum Gasteiger partial charge on any atom is -0.490 e. The van der Waals surface area contributed by atoms with Gasteiger partial charge in [0.2, 0.25) is 0 Å². The smallest absolute Gasteiger partial charge is 0.258 e. The third-order valence-electron chi connectivity index (χ3n) is 1.99. The van der Waals surface area contributed by atoms with Crippen molar-refractivity contribution in [2.24, 2.45) is 0 Å². The van der Waals surface area contributed by atoms with Gasteiger partial charge in [0.15, 0.2) is 5.82 Å². The maximum absolute atomic E-state index is 13.6. The molecular formula is C9H6BrClFNO2. The first-order valence-electron chi connectivity index (χ1n) is 4.19. The molecule has 0 aliphatic carbocycles. The summed E-state index contributed by atoms with van der Waals surface area (Å²) in [4.78, 5) is 11.5. The molecule has 0 bridgehead atoms. The molecule has 1 N–H and O–H groups in total. The van der Waals surface area contributed by atoms with E-state index in [4.69, 9.17) is 16.3 Å². The number of amides is 1. The standard InChI is InChI=1S/C9H6BrClFNO2/c10-4-3-5(11)7(12)6-8(4)15-2-1-13-9(6)14/h3H,1-2H2,(H,13,14). The molecule has 0 aromatic heterocycles. The fraction of sp³-hybridized carbons (Fsp3) is 0.222. The Morgan fingerprint density at radius 1 is 1.60 bits per heavy atom. The first-order valence-corrected chi connectivity index (χ1v) is 5.37. The highest BCUT2D eigenvalue weighted by Gasteiger charge is 2.25. The lowest BCUT2D eigenvalue weighted by Crippen LogP contribution is -2.25. The Bertz CT molecular complexity index is 439. The maximum atomic E-state index is 13.6. The van der Waals surface area contributed by atoms with Crippen molar-refractivity contribution in [2.45, 2.75) is 0 Å². The molecule has 0 fully saturated rings. The van der Waals surface area contributed by atoms with Crippen LogP contribution in [-0.2, 0) is 0 Å². The van der Waals surface area contributed by atoms with Crippen molar-refractivity contribution in [3.63, 3.8) is 0 Å². The van der Waals surface area contributed by atoms with Crippen molar-refractivity contribution >= 4 is 33.4 Å². The molecule has 0 spiro atoms. The molecule has 1 aromatic rings. The van der Waals surface area contributed by atoms with Crippen molar-refractivity contribution in [2.75, 3.05) is 13.2 Å². The number of hydrogen-bond acceptors (Lipinski definition) is 2. The zero-order chi connectivity index (χ0) is 11.0. The highest BCUT2D eigenvalue weighted by Crippen LogP contribution is 2.36. The van der Waals surface area contributed by atoms with Gasteiger partial charge in [-0.25, -0.2) is 4.39 Å². The number of fused-ring (bicyclic) bond motifs is 1. The summed E-state index contributed by atoms with van der Waals surface area (Å²) in [6.45, 7) is 0.648. The van der Waals surface area contributed by atoms with E-state index in [9.17, 15) is 9.18 Å². The monoisotopic (exact) mass is 293 g/mol. The van der Waals surface area contributed by atoms with Crippen LogP contribution in [0, 0.1) is 5.82 Å². The molecule has 0 radical (unpaired) electrons. The van der Waals surface area contributed by atoms with E-state index in [1.54, 1.807) is 0 Å². The van der Waals surface area contributed by atoms with Gasteiger partial charge in [0.1, 0.15) is 17.9 Å². The highest BCUT2D eigenvalue weighted by atomic mass is 79.9. The van der Waals surface area contributed by atoms with E-state index < -0.39 is 11.7 Å². The molecule has 15 heavy (non-hydrogen) atoms. The number of rotatable bonds is 0. The molecule has 0 atom stereocenters. The minimum absolute atomic E-state index is 0.110. The number of benzene rings is 1. The fourth-order valence-corrected chi connectivity index (χ4v) is 2.21.